The number of benzene rings is 6. The van der Waals surface area contributed by atoms with E-state index in [1.165, 1.54) is 93.6 Å². The highest BCUT2D eigenvalue weighted by molar-refractivity contribution is 8.01. The van der Waals surface area contributed by atoms with Crippen LogP contribution >= 0.6 is 11.8 Å². The van der Waals surface area contributed by atoms with E-state index in [2.05, 4.69) is 36.9 Å². The predicted octanol–water partition coefficient (Wildman–Crippen LogP) is 6.85. The highest BCUT2D eigenvalue weighted by atomic mass is 32.2. The van der Waals surface area contributed by atoms with Crippen molar-refractivity contribution in [2.75, 3.05) is 60.7 Å². The predicted molar refractivity (Wildman–Crippen MR) is 501 cm³/mol. The summed E-state index contributed by atoms with van der Waals surface area (Å²) in [4.78, 5) is 246. The summed E-state index contributed by atoms with van der Waals surface area (Å²) in [6.45, 7) is 10.0. The molecule has 6 aromatic carbocycles. The summed E-state index contributed by atoms with van der Waals surface area (Å²) in [5.41, 5.74) is 9.42. The number of fused-ring (bicyclic) bond motifs is 1. The lowest BCUT2D eigenvalue weighted by atomic mass is 9.84. The number of H-pyrrole nitrogens is 1. The first-order valence-corrected chi connectivity index (χ1v) is 45.1. The number of para-hydroxylation sites is 1. The fourth-order valence-corrected chi connectivity index (χ4v) is 16.9. The number of phenols is 2. The molecule has 1 aliphatic rings. The van der Waals surface area contributed by atoms with Gasteiger partial charge in [-0.3, -0.25) is 76.7 Å². The Balaban J connectivity index is 0.0000238. The Hall–Kier alpha value is -13.1. The van der Waals surface area contributed by atoms with Crippen LogP contribution in [-0.4, -0.2) is 254 Å². The molecule has 0 radical (unpaired) electrons. The van der Waals surface area contributed by atoms with E-state index in [4.69, 9.17) is 10.5 Å². The van der Waals surface area contributed by atoms with Crippen LogP contribution in [0.2, 0.25) is 0 Å². The summed E-state index contributed by atoms with van der Waals surface area (Å²) in [5, 5.41) is 38.4. The third-order valence-corrected chi connectivity index (χ3v) is 25.0. The van der Waals surface area contributed by atoms with E-state index < -0.39 is 216 Å². The lowest BCUT2D eigenvalue weighted by Gasteiger charge is -2.37. The van der Waals surface area contributed by atoms with Gasteiger partial charge in [0.1, 0.15) is 78.3 Å². The van der Waals surface area contributed by atoms with Crippen molar-refractivity contribution in [1.82, 2.24) is 61.4 Å². The third-order valence-electron chi connectivity index (χ3n) is 23.6. The SMILES string of the molecule is C.CCCC[C@H]1C(=O)N(C)CC(=O)C[C@@H](COC=O)C(=O)C[C@@H](C(C)C)C(=O)N(C)[C@@H](Cc2ccccc2)C(=O)N[C@@H](Cc2ccc(O)cc2)C(=O)N(C)CC(=O)N[C@@H](Cc2c[nH]c3ccccc23)C(=O)N[C@@H](Cc2ccc(O)cc2)C(=O)N[C@@H](CC(C)C)C(=O)N[C@H](C(=O)CCC(N)=O)C(C)(C)SCC(=O)N[C@@H](Cc2ccccc2)C(=O)N(C)[C@@H](Cc2ccccc2)C(=O)N1C. The van der Waals surface area contributed by atoms with Crippen molar-refractivity contribution in [3.8, 4) is 11.5 Å². The van der Waals surface area contributed by atoms with Gasteiger partial charge in [-0.1, -0.05) is 188 Å². The topological polar surface area (TPSA) is 453 Å². The maximum Gasteiger partial charge on any atom is 0.293 e. The molecule has 0 aliphatic carbocycles. The van der Waals surface area contributed by atoms with E-state index in [0.29, 0.717) is 57.1 Å². The Morgan fingerprint density at radius 1 is 0.508 bits per heavy atom. The molecular weight excluding hydrogens is 1710 g/mol. The van der Waals surface area contributed by atoms with Crippen LogP contribution in [0.15, 0.2) is 170 Å². The number of Topliss-reactive ketones (excluding diaryl/α,β-unsaturated/α-hetero) is 3. The van der Waals surface area contributed by atoms with Gasteiger partial charge < -0.3 is 82.1 Å². The molecule has 0 spiro atoms. The second-order valence-electron chi connectivity index (χ2n) is 35.0. The van der Waals surface area contributed by atoms with Gasteiger partial charge in [0.15, 0.2) is 11.6 Å². The second-order valence-corrected chi connectivity index (χ2v) is 36.6. The fourth-order valence-electron chi connectivity index (χ4n) is 16.0. The van der Waals surface area contributed by atoms with Crippen LogP contribution in [0.3, 0.4) is 0 Å². The first-order chi connectivity index (χ1) is 62.2. The molecule has 11 N–H and O–H groups in total. The second kappa shape index (κ2) is 50.9. The Labute approximate surface area is 776 Å². The standard InChI is InChI=1S/C98H125N13O19S.CH4/c1-13-14-34-80-96(128)107(8)55-71(115)51-68(57-130-59-112)84(117)53-73(61(4)5)93(125)110(11)81(49-63-28-20-16-21-29-63)92(124)105-78(48-66-37-41-70(114)42-38-66)94(126)108(9)56-86(119)101-77(52-67-54-100-74-33-25-24-32-72(67)74)90(122)104-76(46-65-35-39-69(113)40-36-65)89(121)103-75(45-60(2)3)91(123)106-88(83(116)43-44-85(99)118)98(6,7)131-58-87(120)102-79(47-62-26-18-15-19-27-62)95(127)111(12)82(97(129)109(80)10)50-64-30-22-17-23-31-64;/h15-33,35-42,54,59-61,68,73,75-82,88,100,113-114H,13-14,34,43-53,55-58H2,1-12H3,(H2,99,118)(H,101,119)(H,102,120)(H,103,121)(H,104,122)(H,105,124)(H,106,123);1H4/t68-,73-,75-,76-,77-,78-,79-,80-,81-,82-,88+;/m0./s1. The highest BCUT2D eigenvalue weighted by Gasteiger charge is 2.44. The van der Waals surface area contributed by atoms with Crippen LogP contribution in [0, 0.1) is 23.7 Å². The summed E-state index contributed by atoms with van der Waals surface area (Å²) in [5.74, 6) is -16.1. The van der Waals surface area contributed by atoms with Crippen LogP contribution in [0.5, 0.6) is 11.5 Å². The number of thioether (sulfide) groups is 1. The molecular formula is C99H129N13O19S. The molecule has 12 amide bonds. The fraction of sp³-hybridized carbons (Fsp3) is 0.455. The number of primary amides is 1. The number of ketones is 3. The highest BCUT2D eigenvalue weighted by Crippen LogP contribution is 2.32. The first kappa shape index (κ1) is 106. The molecule has 1 fully saturated rings. The zero-order chi connectivity index (χ0) is 95.9. The van der Waals surface area contributed by atoms with E-state index >= 15 is 43.2 Å². The van der Waals surface area contributed by atoms with Gasteiger partial charge in [-0.15, -0.1) is 11.8 Å². The molecule has 33 heteroatoms. The van der Waals surface area contributed by atoms with Gasteiger partial charge in [-0.2, -0.15) is 0 Å². The Bertz CT molecular complexity index is 5120. The zero-order valence-electron chi connectivity index (χ0n) is 76.5. The largest absolute Gasteiger partial charge is 0.508 e. The smallest absolute Gasteiger partial charge is 0.293 e. The average Bonchev–Trinajstić information content (AvgIpc) is 1.85. The van der Waals surface area contributed by atoms with Gasteiger partial charge >= 0.3 is 0 Å². The molecule has 2 heterocycles. The average molecular weight is 1840 g/mol. The van der Waals surface area contributed by atoms with Crippen molar-refractivity contribution in [3.05, 3.63) is 203 Å². The van der Waals surface area contributed by atoms with Gasteiger partial charge in [-0.05, 0) is 102 Å². The lowest BCUT2D eigenvalue weighted by molar-refractivity contribution is -0.151. The maximum absolute atomic E-state index is 15.6. The number of hydrogen-bond acceptors (Lipinski definition) is 20. The van der Waals surface area contributed by atoms with Gasteiger partial charge in [0.25, 0.3) is 6.47 Å². The van der Waals surface area contributed by atoms with Crippen molar-refractivity contribution in [2.45, 2.75) is 205 Å². The maximum atomic E-state index is 15.6. The Morgan fingerprint density at radius 3 is 1.52 bits per heavy atom. The van der Waals surface area contributed by atoms with Crippen molar-refractivity contribution < 1.29 is 91.7 Å². The number of carbonyl (C=O) groups excluding carboxylic acids is 16. The summed E-state index contributed by atoms with van der Waals surface area (Å²) in [6, 6.07) is 31.6. The molecule has 132 heavy (non-hydrogen) atoms. The molecule has 0 bridgehead atoms. The number of likely N-dealkylation sites (N-methyl/N-ethyl adjacent to an activating group) is 5. The molecule has 0 unspecified atom stereocenters. The quantitative estimate of drug-likeness (QED) is 0.0261. The van der Waals surface area contributed by atoms with E-state index in [1.54, 1.807) is 163 Å². The number of rotatable bonds is 25. The number of aromatic nitrogens is 1. The molecule has 7 aromatic rings. The molecule has 1 saturated heterocycles. The molecule has 1 aromatic heterocycles. The monoisotopic (exact) mass is 1840 g/mol. The molecule has 11 atom stereocenters. The van der Waals surface area contributed by atoms with Gasteiger partial charge in [0.2, 0.25) is 70.9 Å². The summed E-state index contributed by atoms with van der Waals surface area (Å²) in [7, 11) is 6.82. The van der Waals surface area contributed by atoms with Crippen LogP contribution in [0.1, 0.15) is 141 Å². The van der Waals surface area contributed by atoms with E-state index in [-0.39, 0.29) is 82.7 Å². The van der Waals surface area contributed by atoms with Crippen molar-refractivity contribution in [1.29, 1.82) is 0 Å². The first-order valence-electron chi connectivity index (χ1n) is 44.1. The molecule has 0 saturated carbocycles. The minimum absolute atomic E-state index is 0. The number of ether oxygens (including phenoxy) is 1. The van der Waals surface area contributed by atoms with Gasteiger partial charge in [0, 0.05) is 127 Å². The van der Waals surface area contributed by atoms with Gasteiger partial charge in [-0.25, -0.2) is 0 Å². The Kier molecular flexibility index (Phi) is 40.9. The van der Waals surface area contributed by atoms with Crippen LogP contribution in [0.25, 0.3) is 10.9 Å². The normalized spacial score (nSPS) is 22.1. The van der Waals surface area contributed by atoms with Crippen LogP contribution in [0.4, 0.5) is 0 Å². The number of amides is 12. The number of hydrogen-bond donors (Lipinski definition) is 10. The lowest BCUT2D eigenvalue weighted by Crippen LogP contribution is -2.61. The number of phenolic OH excluding ortho intramolecular Hbond substituents is 2. The number of aromatic amines is 1. The number of nitrogens with one attached hydrogen (secondary N) is 7. The number of nitrogens with zero attached hydrogens (tertiary/aromatic N) is 5. The number of nitrogens with two attached hydrogens (primary N) is 1. The molecule has 8 rings (SSSR count). The molecule has 32 nitrogen and oxygen atoms in total. The third kappa shape index (κ3) is 31.3. The molecule has 1 aliphatic heterocycles. The Morgan fingerprint density at radius 2 is 0.977 bits per heavy atom. The van der Waals surface area contributed by atoms with E-state index in [0.717, 1.165) is 26.5 Å². The minimum atomic E-state index is -1.59. The van der Waals surface area contributed by atoms with E-state index in [9.17, 15) is 43.8 Å². The number of aromatic hydroxyl groups is 2. The number of unbranched alkanes of at least 4 members (excludes halogenated alkanes) is 1. The molecule has 710 valence electrons. The minimum Gasteiger partial charge on any atom is -0.508 e. The van der Waals surface area contributed by atoms with Crippen molar-refractivity contribution in [3.63, 3.8) is 0 Å². The number of carbonyl (C=O) groups is 16. The van der Waals surface area contributed by atoms with Crippen LogP contribution < -0.4 is 37.6 Å². The van der Waals surface area contributed by atoms with Crippen molar-refractivity contribution in [2.24, 2.45) is 29.4 Å². The van der Waals surface area contributed by atoms with Gasteiger partial charge in [0.05, 0.1) is 24.8 Å². The van der Waals surface area contributed by atoms with Crippen molar-refractivity contribution >= 4 is 117 Å². The van der Waals surface area contributed by atoms with Crippen LogP contribution in [-0.2, 0) is 120 Å². The summed E-state index contributed by atoms with van der Waals surface area (Å²) < 4.78 is 3.70. The summed E-state index contributed by atoms with van der Waals surface area (Å²) in [6.07, 6.45) is -0.604. The zero-order valence-corrected chi connectivity index (χ0v) is 77.3. The summed E-state index contributed by atoms with van der Waals surface area (Å²) >= 11 is 0.907. The van der Waals surface area contributed by atoms with E-state index in [1.807, 2.05) is 6.92 Å².